The topological polar surface area (TPSA) is 43.8 Å². The van der Waals surface area contributed by atoms with E-state index in [-0.39, 0.29) is 12.5 Å². The number of benzene rings is 1. The summed E-state index contributed by atoms with van der Waals surface area (Å²) in [6.07, 6.45) is 6.43. The number of piperidine rings is 1. The number of aliphatic hydroxyl groups excluding tert-OH is 1. The number of nitrogens with zero attached hydrogens (tertiary/aromatic N) is 2. The highest BCUT2D eigenvalue weighted by Crippen LogP contribution is 2.48. The number of carbonyl (C=O) groups excluding carboxylic acids is 1. The minimum absolute atomic E-state index is 0.0283. The van der Waals surface area contributed by atoms with Crippen LogP contribution in [-0.4, -0.2) is 59.6 Å². The van der Waals surface area contributed by atoms with Gasteiger partial charge in [-0.1, -0.05) is 30.3 Å². The average molecular weight is 342 g/mol. The van der Waals surface area contributed by atoms with Crippen LogP contribution in [0.5, 0.6) is 0 Å². The van der Waals surface area contributed by atoms with Crippen LogP contribution in [0.4, 0.5) is 0 Å². The molecule has 0 spiro atoms. The standard InChI is InChI=1S/C21H30N2O2/c24-16-21(10-11-21)20(25)23-14-18-8-9-19(23)15-22(13-18)12-4-7-17-5-2-1-3-6-17/h1-3,5-6,18-19,24H,4,7-16H2/t18-,19+/m1/s1. The molecule has 3 saturated heterocycles. The fourth-order valence-electron chi connectivity index (χ4n) is 4.66. The van der Waals surface area contributed by atoms with E-state index in [0.29, 0.717) is 12.0 Å². The summed E-state index contributed by atoms with van der Waals surface area (Å²) >= 11 is 0. The lowest BCUT2D eigenvalue weighted by molar-refractivity contribution is -0.142. The van der Waals surface area contributed by atoms with E-state index >= 15 is 0 Å². The summed E-state index contributed by atoms with van der Waals surface area (Å²) in [6.45, 7) is 4.19. The van der Waals surface area contributed by atoms with Crippen LogP contribution in [0, 0.1) is 11.3 Å². The lowest BCUT2D eigenvalue weighted by Crippen LogP contribution is -2.50. The lowest BCUT2D eigenvalue weighted by atomic mass is 9.93. The SMILES string of the molecule is O=C(N1C[C@@H]2CC[C@H]1CN(CCCc1ccccc1)C2)C1(CO)CC1. The van der Waals surface area contributed by atoms with Crippen molar-refractivity contribution in [2.24, 2.45) is 11.3 Å². The minimum Gasteiger partial charge on any atom is -0.395 e. The first-order chi connectivity index (χ1) is 12.2. The molecular weight excluding hydrogens is 312 g/mol. The molecule has 2 atom stereocenters. The Labute approximate surface area is 150 Å². The van der Waals surface area contributed by atoms with Gasteiger partial charge in [-0.25, -0.2) is 0 Å². The monoisotopic (exact) mass is 342 g/mol. The van der Waals surface area contributed by atoms with Crippen LogP contribution in [0.1, 0.15) is 37.7 Å². The quantitative estimate of drug-likeness (QED) is 0.863. The third-order valence-corrected chi connectivity index (χ3v) is 6.44. The molecule has 0 radical (unpaired) electrons. The maximum absolute atomic E-state index is 12.9. The van der Waals surface area contributed by atoms with Gasteiger partial charge >= 0.3 is 0 Å². The Kier molecular flexibility index (Phi) is 4.83. The number of aryl methyl sites for hydroxylation is 1. The molecule has 25 heavy (non-hydrogen) atoms. The molecule has 1 N–H and O–H groups in total. The fourth-order valence-corrected chi connectivity index (χ4v) is 4.66. The summed E-state index contributed by atoms with van der Waals surface area (Å²) in [6, 6.07) is 11.1. The van der Waals surface area contributed by atoms with Crippen molar-refractivity contribution in [1.29, 1.82) is 0 Å². The molecule has 4 heteroatoms. The van der Waals surface area contributed by atoms with E-state index in [1.165, 1.54) is 18.4 Å². The van der Waals surface area contributed by atoms with Crippen LogP contribution in [0.15, 0.2) is 30.3 Å². The Balaban J connectivity index is 1.34. The summed E-state index contributed by atoms with van der Waals surface area (Å²) in [5.41, 5.74) is 0.999. The Bertz CT molecular complexity index is 599. The van der Waals surface area contributed by atoms with Crippen LogP contribution in [0.25, 0.3) is 0 Å². The van der Waals surface area contributed by atoms with Crippen LogP contribution in [-0.2, 0) is 11.2 Å². The summed E-state index contributed by atoms with van der Waals surface area (Å²) in [5, 5.41) is 9.62. The summed E-state index contributed by atoms with van der Waals surface area (Å²) in [4.78, 5) is 17.6. The Morgan fingerprint density at radius 3 is 2.64 bits per heavy atom. The number of aliphatic hydroxyl groups is 1. The maximum Gasteiger partial charge on any atom is 0.231 e. The molecule has 4 aliphatic rings. The highest BCUT2D eigenvalue weighted by Gasteiger charge is 2.53. The van der Waals surface area contributed by atoms with Gasteiger partial charge in [-0.05, 0) is 56.6 Å². The van der Waals surface area contributed by atoms with Gasteiger partial charge in [0.15, 0.2) is 0 Å². The highest BCUT2D eigenvalue weighted by molar-refractivity contribution is 5.86. The number of rotatable bonds is 6. The summed E-state index contributed by atoms with van der Waals surface area (Å²) < 4.78 is 0. The molecule has 0 unspecified atom stereocenters. The van der Waals surface area contributed by atoms with Gasteiger partial charge in [0.05, 0.1) is 12.0 Å². The van der Waals surface area contributed by atoms with Crippen LogP contribution >= 0.6 is 0 Å². The van der Waals surface area contributed by atoms with E-state index in [1.807, 2.05) is 0 Å². The maximum atomic E-state index is 12.9. The molecule has 3 heterocycles. The zero-order valence-electron chi connectivity index (χ0n) is 15.1. The van der Waals surface area contributed by atoms with Crippen molar-refractivity contribution in [3.05, 3.63) is 35.9 Å². The number of hydrogen-bond acceptors (Lipinski definition) is 3. The van der Waals surface area contributed by atoms with E-state index in [2.05, 4.69) is 40.1 Å². The van der Waals surface area contributed by atoms with Crippen molar-refractivity contribution >= 4 is 5.91 Å². The third kappa shape index (κ3) is 3.61. The van der Waals surface area contributed by atoms with E-state index in [4.69, 9.17) is 0 Å². The Morgan fingerprint density at radius 1 is 1.12 bits per heavy atom. The molecule has 5 rings (SSSR count). The van der Waals surface area contributed by atoms with Crippen molar-refractivity contribution in [1.82, 2.24) is 9.80 Å². The number of amides is 1. The van der Waals surface area contributed by atoms with Gasteiger partial charge in [-0.15, -0.1) is 0 Å². The van der Waals surface area contributed by atoms with Gasteiger partial charge < -0.3 is 14.9 Å². The van der Waals surface area contributed by atoms with E-state index < -0.39 is 5.41 Å². The fraction of sp³-hybridized carbons (Fsp3) is 0.667. The zero-order valence-corrected chi connectivity index (χ0v) is 15.1. The predicted molar refractivity (Wildman–Crippen MR) is 98.2 cm³/mol. The molecule has 3 aliphatic heterocycles. The zero-order chi connectivity index (χ0) is 17.3. The van der Waals surface area contributed by atoms with Gasteiger partial charge in [-0.3, -0.25) is 4.79 Å². The van der Waals surface area contributed by atoms with Crippen LogP contribution in [0.2, 0.25) is 0 Å². The number of carbonyl (C=O) groups is 1. The van der Waals surface area contributed by atoms with Crippen molar-refractivity contribution in [2.45, 2.75) is 44.6 Å². The van der Waals surface area contributed by atoms with Crippen molar-refractivity contribution in [2.75, 3.05) is 32.8 Å². The first-order valence-corrected chi connectivity index (χ1v) is 9.88. The predicted octanol–water partition coefficient (Wildman–Crippen LogP) is 2.31. The Hall–Kier alpha value is -1.39. The first-order valence-electron chi connectivity index (χ1n) is 9.88. The number of hydrogen-bond donors (Lipinski definition) is 1. The van der Waals surface area contributed by atoms with E-state index in [1.54, 1.807) is 0 Å². The van der Waals surface area contributed by atoms with Gasteiger partial charge in [0.25, 0.3) is 0 Å². The van der Waals surface area contributed by atoms with Crippen LogP contribution < -0.4 is 0 Å². The first kappa shape index (κ1) is 17.0. The van der Waals surface area contributed by atoms with Crippen molar-refractivity contribution in [3.8, 4) is 0 Å². The van der Waals surface area contributed by atoms with Gasteiger partial charge in [0, 0.05) is 25.7 Å². The molecule has 1 aliphatic carbocycles. The molecule has 1 aromatic carbocycles. The molecule has 0 aromatic heterocycles. The molecule has 1 aromatic rings. The average Bonchev–Trinajstić information content (AvgIpc) is 3.47. The largest absolute Gasteiger partial charge is 0.395 e. The third-order valence-electron chi connectivity index (χ3n) is 6.44. The van der Waals surface area contributed by atoms with Crippen LogP contribution in [0.3, 0.4) is 0 Å². The molecule has 4 fully saturated rings. The molecule has 1 saturated carbocycles. The summed E-state index contributed by atoms with van der Waals surface area (Å²) in [5.74, 6) is 0.838. The second kappa shape index (κ2) is 7.08. The Morgan fingerprint density at radius 2 is 1.92 bits per heavy atom. The second-order valence-electron chi connectivity index (χ2n) is 8.34. The minimum atomic E-state index is -0.414. The molecule has 1 amide bonds. The normalized spacial score (nSPS) is 28.0. The summed E-state index contributed by atoms with van der Waals surface area (Å²) in [7, 11) is 0. The smallest absolute Gasteiger partial charge is 0.231 e. The molecule has 4 nitrogen and oxygen atoms in total. The van der Waals surface area contributed by atoms with Crippen molar-refractivity contribution < 1.29 is 9.90 Å². The lowest BCUT2D eigenvalue weighted by Gasteiger charge is -2.38. The van der Waals surface area contributed by atoms with Gasteiger partial charge in [-0.2, -0.15) is 0 Å². The molecule has 2 bridgehead atoms. The second-order valence-corrected chi connectivity index (χ2v) is 8.34. The molecule has 136 valence electrons. The van der Waals surface area contributed by atoms with Gasteiger partial charge in [0.1, 0.15) is 0 Å². The van der Waals surface area contributed by atoms with E-state index in [0.717, 1.165) is 51.9 Å². The molecular formula is C21H30N2O2. The number of fused-ring (bicyclic) bond motifs is 4. The van der Waals surface area contributed by atoms with Crippen molar-refractivity contribution in [3.63, 3.8) is 0 Å². The van der Waals surface area contributed by atoms with Gasteiger partial charge in [0.2, 0.25) is 5.91 Å². The van der Waals surface area contributed by atoms with E-state index in [9.17, 15) is 9.90 Å². The highest BCUT2D eigenvalue weighted by atomic mass is 16.3.